The zero-order valence-electron chi connectivity index (χ0n) is 8.49. The summed E-state index contributed by atoms with van der Waals surface area (Å²) in [4.78, 5) is 15.7. The lowest BCUT2D eigenvalue weighted by molar-refractivity contribution is 0.102. The zero-order chi connectivity index (χ0) is 11.5. The molecule has 0 saturated carbocycles. The van der Waals surface area contributed by atoms with Crippen LogP contribution in [-0.4, -0.2) is 21.1 Å². The van der Waals surface area contributed by atoms with Crippen LogP contribution in [0, 0.1) is 10.5 Å². The van der Waals surface area contributed by atoms with E-state index >= 15 is 0 Å². The van der Waals surface area contributed by atoms with Crippen LogP contribution in [0.4, 0.5) is 5.95 Å². The highest BCUT2D eigenvalue weighted by atomic mass is 127. The normalized spacial score (nSPS) is 10.1. The maximum Gasteiger partial charge on any atom is 0.258 e. The van der Waals surface area contributed by atoms with Crippen LogP contribution in [0.25, 0.3) is 0 Å². The van der Waals surface area contributed by atoms with Gasteiger partial charge in [0, 0.05) is 9.13 Å². The molecule has 1 aromatic heterocycles. The number of aromatic nitrogens is 3. The Balaban J connectivity index is 2.11. The van der Waals surface area contributed by atoms with E-state index in [1.165, 1.54) is 0 Å². The number of carbonyl (C=O) groups is 1. The minimum atomic E-state index is -0.213. The molecule has 1 heterocycles. The van der Waals surface area contributed by atoms with Gasteiger partial charge in [-0.3, -0.25) is 15.2 Å². The highest BCUT2D eigenvalue weighted by Gasteiger charge is 2.08. The molecule has 2 N–H and O–H groups in total. The summed E-state index contributed by atoms with van der Waals surface area (Å²) < 4.78 is 1.09. The lowest BCUT2D eigenvalue weighted by Gasteiger charge is -2.00. The number of aromatic amines is 1. The van der Waals surface area contributed by atoms with Crippen molar-refractivity contribution in [2.24, 2.45) is 0 Å². The fraction of sp³-hybridized carbons (Fsp3) is 0.100. The van der Waals surface area contributed by atoms with Gasteiger partial charge in [-0.1, -0.05) is 0 Å². The van der Waals surface area contributed by atoms with E-state index in [2.05, 4.69) is 43.1 Å². The molecule has 82 valence electrons. The minimum Gasteiger partial charge on any atom is -0.289 e. The number of carbonyl (C=O) groups excluding carboxylic acids is 1. The Hall–Kier alpha value is -1.44. The van der Waals surface area contributed by atoms with E-state index in [0.717, 1.165) is 3.57 Å². The number of halogens is 1. The Morgan fingerprint density at radius 2 is 2.06 bits per heavy atom. The first-order valence-electron chi connectivity index (χ1n) is 4.61. The van der Waals surface area contributed by atoms with Gasteiger partial charge < -0.3 is 0 Å². The van der Waals surface area contributed by atoms with Crippen LogP contribution < -0.4 is 5.32 Å². The molecule has 1 aromatic carbocycles. The standard InChI is InChI=1S/C10H9IN4O/c1-6-12-10(15-14-6)13-9(16)7-2-4-8(11)5-3-7/h2-5H,1H3,(H2,12,13,14,15,16). The van der Waals surface area contributed by atoms with Crippen molar-refractivity contribution in [1.82, 2.24) is 15.2 Å². The van der Waals surface area contributed by atoms with Gasteiger partial charge in [0.2, 0.25) is 5.95 Å². The summed E-state index contributed by atoms with van der Waals surface area (Å²) in [6.07, 6.45) is 0. The van der Waals surface area contributed by atoms with Crippen LogP contribution in [0.3, 0.4) is 0 Å². The van der Waals surface area contributed by atoms with Gasteiger partial charge in [-0.25, -0.2) is 0 Å². The number of rotatable bonds is 2. The predicted octanol–water partition coefficient (Wildman–Crippen LogP) is 1.97. The SMILES string of the molecule is Cc1nc(NC(=O)c2ccc(I)cc2)n[nH]1. The Bertz CT molecular complexity index is 506. The highest BCUT2D eigenvalue weighted by Crippen LogP contribution is 2.08. The average molecular weight is 328 g/mol. The first kappa shape index (κ1) is 11.1. The molecule has 5 nitrogen and oxygen atoms in total. The van der Waals surface area contributed by atoms with Gasteiger partial charge in [-0.05, 0) is 53.8 Å². The Morgan fingerprint density at radius 3 is 2.62 bits per heavy atom. The van der Waals surface area contributed by atoms with Crippen molar-refractivity contribution < 1.29 is 4.79 Å². The molecule has 2 rings (SSSR count). The molecule has 2 aromatic rings. The van der Waals surface area contributed by atoms with Gasteiger partial charge in [0.1, 0.15) is 5.82 Å². The van der Waals surface area contributed by atoms with Gasteiger partial charge in [0.25, 0.3) is 5.91 Å². The highest BCUT2D eigenvalue weighted by molar-refractivity contribution is 14.1. The zero-order valence-corrected chi connectivity index (χ0v) is 10.6. The summed E-state index contributed by atoms with van der Waals surface area (Å²) in [6, 6.07) is 7.27. The van der Waals surface area contributed by atoms with Gasteiger partial charge in [0.15, 0.2) is 0 Å². The van der Waals surface area contributed by atoms with Crippen LogP contribution in [0.1, 0.15) is 16.2 Å². The van der Waals surface area contributed by atoms with E-state index in [1.807, 2.05) is 12.1 Å². The molecule has 0 radical (unpaired) electrons. The van der Waals surface area contributed by atoms with Crippen LogP contribution in [-0.2, 0) is 0 Å². The molecule has 0 fully saturated rings. The topological polar surface area (TPSA) is 70.7 Å². The molecule has 0 saturated heterocycles. The number of hydrogen-bond donors (Lipinski definition) is 2. The third kappa shape index (κ3) is 2.57. The Morgan fingerprint density at radius 1 is 1.38 bits per heavy atom. The number of hydrogen-bond acceptors (Lipinski definition) is 3. The molecule has 0 spiro atoms. The molecule has 0 aliphatic heterocycles. The van der Waals surface area contributed by atoms with Gasteiger partial charge >= 0.3 is 0 Å². The summed E-state index contributed by atoms with van der Waals surface area (Å²) in [7, 11) is 0. The lowest BCUT2D eigenvalue weighted by atomic mass is 10.2. The monoisotopic (exact) mass is 328 g/mol. The summed E-state index contributed by atoms with van der Waals surface area (Å²) in [5.41, 5.74) is 0.586. The molecule has 0 bridgehead atoms. The fourth-order valence-electron chi connectivity index (χ4n) is 1.17. The van der Waals surface area contributed by atoms with Crippen molar-refractivity contribution in [3.63, 3.8) is 0 Å². The van der Waals surface area contributed by atoms with E-state index in [1.54, 1.807) is 19.1 Å². The second-order valence-electron chi connectivity index (χ2n) is 3.21. The third-order valence-electron chi connectivity index (χ3n) is 1.93. The quantitative estimate of drug-likeness (QED) is 0.828. The second kappa shape index (κ2) is 4.60. The fourth-order valence-corrected chi connectivity index (χ4v) is 1.53. The Labute approximate surface area is 106 Å². The van der Waals surface area contributed by atoms with E-state index in [-0.39, 0.29) is 5.91 Å². The maximum atomic E-state index is 11.7. The summed E-state index contributed by atoms with van der Waals surface area (Å²) in [5, 5.41) is 9.09. The number of aryl methyl sites for hydroxylation is 1. The molecule has 1 amide bonds. The minimum absolute atomic E-state index is 0.213. The molecule has 0 aliphatic carbocycles. The molecule has 16 heavy (non-hydrogen) atoms. The van der Waals surface area contributed by atoms with Crippen molar-refractivity contribution in [2.45, 2.75) is 6.92 Å². The van der Waals surface area contributed by atoms with E-state index < -0.39 is 0 Å². The molecular formula is C10H9IN4O. The largest absolute Gasteiger partial charge is 0.289 e. The van der Waals surface area contributed by atoms with Gasteiger partial charge in [-0.2, -0.15) is 4.98 Å². The third-order valence-corrected chi connectivity index (χ3v) is 2.65. The van der Waals surface area contributed by atoms with Crippen molar-refractivity contribution in [1.29, 1.82) is 0 Å². The number of nitrogens with one attached hydrogen (secondary N) is 2. The van der Waals surface area contributed by atoms with E-state index in [9.17, 15) is 4.79 Å². The van der Waals surface area contributed by atoms with E-state index in [0.29, 0.717) is 17.3 Å². The molecule has 6 heteroatoms. The van der Waals surface area contributed by atoms with Crippen LogP contribution >= 0.6 is 22.6 Å². The number of H-pyrrole nitrogens is 1. The lowest BCUT2D eigenvalue weighted by Crippen LogP contribution is -2.12. The number of anilines is 1. The van der Waals surface area contributed by atoms with Crippen molar-refractivity contribution >= 4 is 34.4 Å². The van der Waals surface area contributed by atoms with Gasteiger partial charge in [0.05, 0.1) is 0 Å². The predicted molar refractivity (Wildman–Crippen MR) is 68.2 cm³/mol. The molecule has 0 unspecified atom stereocenters. The van der Waals surface area contributed by atoms with Crippen LogP contribution in [0.15, 0.2) is 24.3 Å². The smallest absolute Gasteiger partial charge is 0.258 e. The van der Waals surface area contributed by atoms with Crippen molar-refractivity contribution in [3.8, 4) is 0 Å². The van der Waals surface area contributed by atoms with Crippen molar-refractivity contribution in [2.75, 3.05) is 5.32 Å². The maximum absolute atomic E-state index is 11.7. The Kier molecular flexibility index (Phi) is 3.18. The summed E-state index contributed by atoms with van der Waals surface area (Å²) in [5.74, 6) is 0.745. The van der Waals surface area contributed by atoms with E-state index in [4.69, 9.17) is 0 Å². The average Bonchev–Trinajstić information content (AvgIpc) is 2.65. The molecule has 0 atom stereocenters. The number of amides is 1. The number of nitrogens with zero attached hydrogens (tertiary/aromatic N) is 2. The summed E-state index contributed by atoms with van der Waals surface area (Å²) in [6.45, 7) is 1.77. The second-order valence-corrected chi connectivity index (χ2v) is 4.45. The molecule has 0 aliphatic rings. The van der Waals surface area contributed by atoms with Crippen molar-refractivity contribution in [3.05, 3.63) is 39.2 Å². The first-order valence-corrected chi connectivity index (χ1v) is 5.69. The summed E-state index contributed by atoms with van der Waals surface area (Å²) >= 11 is 2.19. The number of benzene rings is 1. The van der Waals surface area contributed by atoms with Gasteiger partial charge in [-0.15, -0.1) is 5.10 Å². The van der Waals surface area contributed by atoms with Crippen LogP contribution in [0.2, 0.25) is 0 Å². The van der Waals surface area contributed by atoms with Crippen LogP contribution in [0.5, 0.6) is 0 Å². The first-order chi connectivity index (χ1) is 7.65. The molecular weight excluding hydrogens is 319 g/mol.